The highest BCUT2D eigenvalue weighted by atomic mass is 16.2. The van der Waals surface area contributed by atoms with Gasteiger partial charge < -0.3 is 14.8 Å². The van der Waals surface area contributed by atoms with Gasteiger partial charge in [-0.25, -0.2) is 4.98 Å². The van der Waals surface area contributed by atoms with E-state index in [1.165, 1.54) is 0 Å². The minimum atomic E-state index is -0.328. The van der Waals surface area contributed by atoms with Crippen molar-refractivity contribution in [3.63, 3.8) is 0 Å². The molecule has 0 spiro atoms. The third-order valence-electron chi connectivity index (χ3n) is 4.83. The number of nitrogens with one attached hydrogen (secondary N) is 1. The van der Waals surface area contributed by atoms with Crippen LogP contribution < -0.4 is 10.2 Å². The van der Waals surface area contributed by atoms with E-state index < -0.39 is 0 Å². The first-order valence-corrected chi connectivity index (χ1v) is 9.28. The number of para-hydroxylation sites is 1. The number of carbonyl (C=O) groups excluding carboxylic acids is 2. The highest BCUT2D eigenvalue weighted by Gasteiger charge is 2.34. The van der Waals surface area contributed by atoms with Gasteiger partial charge in [0.05, 0.1) is 5.92 Å². The highest BCUT2D eigenvalue weighted by Crippen LogP contribution is 2.24. The van der Waals surface area contributed by atoms with E-state index in [0.717, 1.165) is 17.2 Å². The van der Waals surface area contributed by atoms with Gasteiger partial charge in [-0.15, -0.1) is 0 Å². The van der Waals surface area contributed by atoms with Crippen molar-refractivity contribution in [2.45, 2.75) is 13.0 Å². The number of carbonyl (C=O) groups is 2. The lowest BCUT2D eigenvalue weighted by Gasteiger charge is -2.16. The smallest absolute Gasteiger partial charge is 0.227 e. The second-order valence-corrected chi connectivity index (χ2v) is 6.69. The molecule has 4 rings (SSSR count). The first-order chi connectivity index (χ1) is 13.7. The van der Waals surface area contributed by atoms with E-state index in [1.54, 1.807) is 17.3 Å². The molecule has 1 aromatic carbocycles. The number of benzene rings is 1. The third kappa shape index (κ3) is 3.78. The first-order valence-electron chi connectivity index (χ1n) is 9.28. The van der Waals surface area contributed by atoms with Gasteiger partial charge in [0.2, 0.25) is 11.8 Å². The van der Waals surface area contributed by atoms with Gasteiger partial charge in [0, 0.05) is 50.3 Å². The molecule has 0 aliphatic carbocycles. The summed E-state index contributed by atoms with van der Waals surface area (Å²) in [5.74, 6) is 0.330. The molecule has 1 saturated heterocycles. The van der Waals surface area contributed by atoms with Crippen molar-refractivity contribution < 1.29 is 9.59 Å². The number of hydrogen-bond acceptors (Lipinski definition) is 4. The van der Waals surface area contributed by atoms with Gasteiger partial charge in [0.25, 0.3) is 0 Å². The molecule has 3 aromatic rings. The number of nitrogens with zero attached hydrogens (tertiary/aromatic N) is 4. The Morgan fingerprint density at radius 1 is 1.07 bits per heavy atom. The predicted molar refractivity (Wildman–Crippen MR) is 105 cm³/mol. The van der Waals surface area contributed by atoms with Crippen LogP contribution in [0.4, 0.5) is 5.69 Å². The molecule has 7 nitrogen and oxygen atoms in total. The van der Waals surface area contributed by atoms with Gasteiger partial charge in [-0.3, -0.25) is 14.6 Å². The lowest BCUT2D eigenvalue weighted by Crippen LogP contribution is -2.34. The second kappa shape index (κ2) is 8.04. The molecule has 2 aromatic heterocycles. The van der Waals surface area contributed by atoms with Gasteiger partial charge in [0.1, 0.15) is 5.69 Å². The molecule has 0 radical (unpaired) electrons. The Balaban J connectivity index is 1.33. The molecule has 7 heteroatoms. The van der Waals surface area contributed by atoms with Crippen LogP contribution in [0.5, 0.6) is 0 Å². The maximum absolute atomic E-state index is 12.5. The molecule has 1 aliphatic heterocycles. The Hall–Kier alpha value is -3.48. The highest BCUT2D eigenvalue weighted by molar-refractivity contribution is 6.00. The molecule has 1 fully saturated rings. The number of imidazole rings is 1. The zero-order valence-corrected chi connectivity index (χ0v) is 15.4. The summed E-state index contributed by atoms with van der Waals surface area (Å²) in [7, 11) is 0. The average Bonchev–Trinajstić information content (AvgIpc) is 3.36. The van der Waals surface area contributed by atoms with Gasteiger partial charge in [-0.05, 0) is 24.3 Å². The minimum absolute atomic E-state index is 0.0154. The fraction of sp³-hybridized carbons (Fsp3) is 0.238. The Kier molecular flexibility index (Phi) is 5.14. The van der Waals surface area contributed by atoms with E-state index in [-0.39, 0.29) is 24.2 Å². The van der Waals surface area contributed by atoms with Crippen molar-refractivity contribution in [2.24, 2.45) is 5.92 Å². The molecule has 1 unspecified atom stereocenters. The van der Waals surface area contributed by atoms with Gasteiger partial charge in [-0.1, -0.05) is 24.3 Å². The molecular formula is C21H21N5O2. The van der Waals surface area contributed by atoms with Crippen molar-refractivity contribution >= 4 is 17.5 Å². The average molecular weight is 375 g/mol. The summed E-state index contributed by atoms with van der Waals surface area (Å²) in [5.41, 5.74) is 1.62. The van der Waals surface area contributed by atoms with Crippen molar-refractivity contribution in [3.05, 3.63) is 67.1 Å². The fourth-order valence-electron chi connectivity index (χ4n) is 3.40. The van der Waals surface area contributed by atoms with Crippen LogP contribution in [0.1, 0.15) is 6.42 Å². The fourth-order valence-corrected chi connectivity index (χ4v) is 3.40. The van der Waals surface area contributed by atoms with Crippen LogP contribution in [0.25, 0.3) is 11.5 Å². The van der Waals surface area contributed by atoms with E-state index in [4.69, 9.17) is 0 Å². The molecular weight excluding hydrogens is 354 g/mol. The van der Waals surface area contributed by atoms with Crippen molar-refractivity contribution in [1.82, 2.24) is 19.9 Å². The minimum Gasteiger partial charge on any atom is -0.354 e. The van der Waals surface area contributed by atoms with Crippen LogP contribution in [-0.4, -0.2) is 39.4 Å². The summed E-state index contributed by atoms with van der Waals surface area (Å²) < 4.78 is 1.96. The summed E-state index contributed by atoms with van der Waals surface area (Å²) in [6, 6.07) is 15.1. The summed E-state index contributed by atoms with van der Waals surface area (Å²) in [6.45, 7) is 1.46. The maximum Gasteiger partial charge on any atom is 0.227 e. The van der Waals surface area contributed by atoms with Crippen LogP contribution >= 0.6 is 0 Å². The zero-order valence-electron chi connectivity index (χ0n) is 15.4. The normalized spacial score (nSPS) is 16.4. The summed E-state index contributed by atoms with van der Waals surface area (Å²) in [4.78, 5) is 35.2. The first kappa shape index (κ1) is 17.9. The van der Waals surface area contributed by atoms with E-state index >= 15 is 0 Å². The predicted octanol–water partition coefficient (Wildman–Crippen LogP) is 2.11. The van der Waals surface area contributed by atoms with Crippen LogP contribution in [0.3, 0.4) is 0 Å². The van der Waals surface area contributed by atoms with E-state index in [2.05, 4.69) is 15.3 Å². The van der Waals surface area contributed by atoms with Gasteiger partial charge in [0.15, 0.2) is 5.82 Å². The third-order valence-corrected chi connectivity index (χ3v) is 4.83. The van der Waals surface area contributed by atoms with Crippen molar-refractivity contribution in [1.29, 1.82) is 0 Å². The molecule has 1 N–H and O–H groups in total. The number of rotatable bonds is 6. The summed E-state index contributed by atoms with van der Waals surface area (Å²) >= 11 is 0. The Morgan fingerprint density at radius 3 is 2.68 bits per heavy atom. The number of hydrogen-bond donors (Lipinski definition) is 1. The van der Waals surface area contributed by atoms with Gasteiger partial charge in [-0.2, -0.15) is 0 Å². The SMILES string of the molecule is O=C(NCCn1ccnc1-c1ccccn1)C1CC(=O)N(c2ccccc2)C1. The van der Waals surface area contributed by atoms with E-state index in [0.29, 0.717) is 19.6 Å². The standard InChI is InChI=1S/C21H21N5O2/c27-19-14-16(15-26(19)17-6-2-1-3-7-17)21(28)24-11-13-25-12-10-23-20(25)18-8-4-5-9-22-18/h1-10,12,16H,11,13-15H2,(H,24,28). The van der Waals surface area contributed by atoms with Crippen LogP contribution in [0.2, 0.25) is 0 Å². The molecule has 0 bridgehead atoms. The number of aromatic nitrogens is 3. The van der Waals surface area contributed by atoms with Crippen molar-refractivity contribution in [2.75, 3.05) is 18.0 Å². The molecule has 1 atom stereocenters. The van der Waals surface area contributed by atoms with E-state index in [1.807, 2.05) is 59.3 Å². The lowest BCUT2D eigenvalue weighted by molar-refractivity contribution is -0.126. The topological polar surface area (TPSA) is 80.1 Å². The Bertz CT molecular complexity index is 955. The van der Waals surface area contributed by atoms with Crippen LogP contribution in [0, 0.1) is 5.92 Å². The molecule has 0 saturated carbocycles. The summed E-state index contributed by atoms with van der Waals surface area (Å²) in [5, 5.41) is 2.95. The van der Waals surface area contributed by atoms with Crippen LogP contribution in [-0.2, 0) is 16.1 Å². The quantitative estimate of drug-likeness (QED) is 0.716. The molecule has 3 heterocycles. The Labute approximate surface area is 163 Å². The second-order valence-electron chi connectivity index (χ2n) is 6.69. The van der Waals surface area contributed by atoms with Crippen LogP contribution in [0.15, 0.2) is 67.1 Å². The summed E-state index contributed by atoms with van der Waals surface area (Å²) in [6.07, 6.45) is 5.56. The van der Waals surface area contributed by atoms with E-state index in [9.17, 15) is 9.59 Å². The monoisotopic (exact) mass is 375 g/mol. The zero-order chi connectivity index (χ0) is 19.3. The number of pyridine rings is 1. The number of amides is 2. The largest absolute Gasteiger partial charge is 0.354 e. The lowest BCUT2D eigenvalue weighted by atomic mass is 10.1. The molecule has 2 amide bonds. The molecule has 1 aliphatic rings. The maximum atomic E-state index is 12.5. The van der Waals surface area contributed by atoms with Crippen molar-refractivity contribution in [3.8, 4) is 11.5 Å². The Morgan fingerprint density at radius 2 is 1.89 bits per heavy atom. The van der Waals surface area contributed by atoms with Gasteiger partial charge >= 0.3 is 0 Å². The number of anilines is 1. The molecule has 28 heavy (non-hydrogen) atoms. The molecule has 142 valence electrons.